The summed E-state index contributed by atoms with van der Waals surface area (Å²) in [5.41, 5.74) is 1.18. The van der Waals surface area contributed by atoms with Crippen LogP contribution < -0.4 is 9.47 Å². The van der Waals surface area contributed by atoms with Crippen LogP contribution in [-0.2, 0) is 6.42 Å². The molecule has 2 nitrogen and oxygen atoms in total. The molecule has 1 aromatic carbocycles. The van der Waals surface area contributed by atoms with Crippen molar-refractivity contribution in [2.45, 2.75) is 38.5 Å². The molecule has 2 rings (SSSR count). The van der Waals surface area contributed by atoms with Crippen molar-refractivity contribution in [3.8, 4) is 11.5 Å². The summed E-state index contributed by atoms with van der Waals surface area (Å²) in [5, 5.41) is 0. The molecular formula is C15H22NaO2. The van der Waals surface area contributed by atoms with Gasteiger partial charge in [0.2, 0.25) is 0 Å². The molecule has 1 aromatic rings. The predicted molar refractivity (Wildman–Crippen MR) is 75.8 cm³/mol. The minimum atomic E-state index is 0. The van der Waals surface area contributed by atoms with E-state index in [0.717, 1.165) is 23.8 Å². The van der Waals surface area contributed by atoms with E-state index >= 15 is 0 Å². The van der Waals surface area contributed by atoms with Gasteiger partial charge in [0.25, 0.3) is 0 Å². The van der Waals surface area contributed by atoms with Gasteiger partial charge in [-0.1, -0.05) is 32.1 Å². The second-order valence-corrected chi connectivity index (χ2v) is 4.77. The normalized spacial score (nSPS) is 15.9. The van der Waals surface area contributed by atoms with Gasteiger partial charge in [-0.3, -0.25) is 0 Å². The van der Waals surface area contributed by atoms with Gasteiger partial charge in [0.15, 0.2) is 0 Å². The van der Waals surface area contributed by atoms with Crippen LogP contribution in [-0.4, -0.2) is 43.8 Å². The second-order valence-electron chi connectivity index (χ2n) is 4.77. The summed E-state index contributed by atoms with van der Waals surface area (Å²) < 4.78 is 10.8. The molecule has 1 fully saturated rings. The van der Waals surface area contributed by atoms with Gasteiger partial charge in [-0.05, 0) is 24.5 Å². The van der Waals surface area contributed by atoms with Crippen LogP contribution in [0, 0.1) is 12.0 Å². The Kier molecular flexibility index (Phi) is 7.13. The number of hydrogen-bond acceptors (Lipinski definition) is 2. The molecule has 0 spiro atoms. The van der Waals surface area contributed by atoms with E-state index in [-0.39, 0.29) is 29.6 Å². The van der Waals surface area contributed by atoms with Crippen molar-refractivity contribution in [3.05, 3.63) is 23.8 Å². The van der Waals surface area contributed by atoms with Gasteiger partial charge in [0, 0.05) is 11.6 Å². The van der Waals surface area contributed by atoms with Gasteiger partial charge >= 0.3 is 29.6 Å². The Hall–Kier alpha value is -0.180. The molecule has 0 saturated heterocycles. The average Bonchev–Trinajstić information content (AvgIpc) is 2.40. The summed E-state index contributed by atoms with van der Waals surface area (Å²) in [4.78, 5) is 0. The Morgan fingerprint density at radius 2 is 1.89 bits per heavy atom. The third-order valence-corrected chi connectivity index (χ3v) is 3.66. The molecule has 95 valence electrons. The third-order valence-electron chi connectivity index (χ3n) is 3.66. The fourth-order valence-electron chi connectivity index (χ4n) is 2.74. The van der Waals surface area contributed by atoms with Gasteiger partial charge < -0.3 is 9.47 Å². The number of hydrogen-bond donors (Lipinski definition) is 0. The molecule has 1 aliphatic rings. The zero-order valence-corrected chi connectivity index (χ0v) is 10.8. The first-order valence-electron chi connectivity index (χ1n) is 6.46. The molecular weight excluding hydrogens is 235 g/mol. The first-order valence-corrected chi connectivity index (χ1v) is 6.46. The topological polar surface area (TPSA) is 18.5 Å². The van der Waals surface area contributed by atoms with Crippen molar-refractivity contribution in [2.24, 2.45) is 5.92 Å². The molecule has 0 N–H and O–H groups in total. The van der Waals surface area contributed by atoms with Crippen molar-refractivity contribution < 1.29 is 9.47 Å². The molecule has 1 saturated carbocycles. The van der Waals surface area contributed by atoms with Crippen LogP contribution >= 0.6 is 0 Å². The summed E-state index contributed by atoms with van der Waals surface area (Å²) in [6.07, 6.45) is 7.86. The molecule has 0 aliphatic heterocycles. The zero-order valence-electron chi connectivity index (χ0n) is 10.8. The summed E-state index contributed by atoms with van der Waals surface area (Å²) in [5.74, 6) is 2.56. The Labute approximate surface area is 132 Å². The maximum atomic E-state index is 5.43. The molecule has 0 heterocycles. The van der Waals surface area contributed by atoms with Crippen molar-refractivity contribution in [1.29, 1.82) is 0 Å². The van der Waals surface area contributed by atoms with E-state index in [4.69, 9.17) is 9.47 Å². The standard InChI is InChI=1S/C15H21O2.Na.H/c1-16-14-9-6-10-15(17-2)13(14)11-12-7-4-3-5-8-12;;/h6,9,12H,3-5,7-8,11H2,1-2H3;;. The fraction of sp³-hybridized carbons (Fsp3) is 0.600. The molecule has 18 heavy (non-hydrogen) atoms. The monoisotopic (exact) mass is 257 g/mol. The zero-order chi connectivity index (χ0) is 12.1. The van der Waals surface area contributed by atoms with Crippen LogP contribution in [0.15, 0.2) is 12.1 Å². The number of benzene rings is 1. The van der Waals surface area contributed by atoms with Gasteiger partial charge in [-0.15, -0.1) is 0 Å². The summed E-state index contributed by atoms with van der Waals surface area (Å²) in [6, 6.07) is 6.98. The number of ether oxygens (including phenoxy) is 2. The van der Waals surface area contributed by atoms with E-state index in [9.17, 15) is 0 Å². The quantitative estimate of drug-likeness (QED) is 0.772. The first kappa shape index (κ1) is 15.9. The predicted octanol–water partition coefficient (Wildman–Crippen LogP) is 2.98. The van der Waals surface area contributed by atoms with Crippen LogP contribution in [0.1, 0.15) is 37.7 Å². The molecule has 1 radical (unpaired) electrons. The van der Waals surface area contributed by atoms with E-state index in [1.54, 1.807) is 14.2 Å². The second kappa shape index (κ2) is 8.08. The first-order chi connectivity index (χ1) is 8.35. The Morgan fingerprint density at radius 3 is 2.50 bits per heavy atom. The van der Waals surface area contributed by atoms with Gasteiger partial charge in [0.05, 0.1) is 14.2 Å². The molecule has 0 amide bonds. The van der Waals surface area contributed by atoms with Crippen molar-refractivity contribution >= 4 is 29.6 Å². The SMILES string of the molecule is COc1[c]ccc(OC)c1CC1CCCCC1.[NaH]. The minimum absolute atomic E-state index is 0. The van der Waals surface area contributed by atoms with Crippen LogP contribution in [0.3, 0.4) is 0 Å². The van der Waals surface area contributed by atoms with Crippen LogP contribution in [0.4, 0.5) is 0 Å². The molecule has 0 aromatic heterocycles. The van der Waals surface area contributed by atoms with E-state index in [1.807, 2.05) is 12.1 Å². The third kappa shape index (κ3) is 3.91. The van der Waals surface area contributed by atoms with Crippen molar-refractivity contribution in [1.82, 2.24) is 0 Å². The Balaban J connectivity index is 0.00000162. The van der Waals surface area contributed by atoms with Gasteiger partial charge in [-0.25, -0.2) is 0 Å². The molecule has 0 atom stereocenters. The molecule has 3 heteroatoms. The van der Waals surface area contributed by atoms with E-state index in [1.165, 1.54) is 37.7 Å². The van der Waals surface area contributed by atoms with Crippen molar-refractivity contribution in [2.75, 3.05) is 14.2 Å². The van der Waals surface area contributed by atoms with Gasteiger partial charge in [0.1, 0.15) is 11.5 Å². The number of methoxy groups -OCH3 is 2. The van der Waals surface area contributed by atoms with Crippen LogP contribution in [0.2, 0.25) is 0 Å². The fourth-order valence-corrected chi connectivity index (χ4v) is 2.74. The molecule has 0 unspecified atom stereocenters. The summed E-state index contributed by atoms with van der Waals surface area (Å²) in [7, 11) is 3.43. The van der Waals surface area contributed by atoms with E-state index in [2.05, 4.69) is 6.07 Å². The van der Waals surface area contributed by atoms with Crippen LogP contribution in [0.5, 0.6) is 11.5 Å². The summed E-state index contributed by atoms with van der Waals surface area (Å²) >= 11 is 0. The van der Waals surface area contributed by atoms with E-state index < -0.39 is 0 Å². The van der Waals surface area contributed by atoms with E-state index in [0.29, 0.717) is 0 Å². The Morgan fingerprint density at radius 1 is 1.17 bits per heavy atom. The molecule has 0 bridgehead atoms. The Bertz CT molecular complexity index is 337. The number of rotatable bonds is 4. The van der Waals surface area contributed by atoms with Crippen molar-refractivity contribution in [3.63, 3.8) is 0 Å². The van der Waals surface area contributed by atoms with Gasteiger partial charge in [-0.2, -0.15) is 0 Å². The summed E-state index contributed by atoms with van der Waals surface area (Å²) in [6.45, 7) is 0. The maximum absolute atomic E-state index is 5.43. The average molecular weight is 257 g/mol. The van der Waals surface area contributed by atoms with Crippen LogP contribution in [0.25, 0.3) is 0 Å². The molecule has 1 aliphatic carbocycles.